The van der Waals surface area contributed by atoms with Crippen molar-refractivity contribution in [3.05, 3.63) is 83.7 Å². The highest BCUT2D eigenvalue weighted by molar-refractivity contribution is 6.06. The molecule has 0 aliphatic heterocycles. The van der Waals surface area contributed by atoms with Gasteiger partial charge in [0.2, 0.25) is 5.91 Å². The molecule has 0 radical (unpaired) electrons. The van der Waals surface area contributed by atoms with Crippen LogP contribution in [0, 0.1) is 6.92 Å². The van der Waals surface area contributed by atoms with Gasteiger partial charge in [-0.1, -0.05) is 36.4 Å². The van der Waals surface area contributed by atoms with Gasteiger partial charge in [-0.25, -0.2) is 9.67 Å². The number of nitrogens with one attached hydrogen (secondary N) is 2. The van der Waals surface area contributed by atoms with Crippen LogP contribution in [0.4, 0.5) is 11.4 Å². The normalized spacial score (nSPS) is 10.7. The van der Waals surface area contributed by atoms with Crippen LogP contribution in [-0.2, 0) is 11.3 Å². The van der Waals surface area contributed by atoms with Gasteiger partial charge in [0.1, 0.15) is 0 Å². The Labute approximate surface area is 173 Å². The Morgan fingerprint density at radius 1 is 1.00 bits per heavy atom. The summed E-state index contributed by atoms with van der Waals surface area (Å²) in [6.07, 6.45) is 3.26. The van der Waals surface area contributed by atoms with Crippen LogP contribution in [0.5, 0.6) is 0 Å². The molecule has 150 valence electrons. The van der Waals surface area contributed by atoms with Crippen molar-refractivity contribution in [2.45, 2.75) is 20.4 Å². The molecule has 7 nitrogen and oxygen atoms in total. The van der Waals surface area contributed by atoms with Crippen molar-refractivity contribution >= 4 is 34.2 Å². The standard InChI is InChI=1S/C23H21N5O2/c1-15-8-9-20(11-21(15)26-16(2)29)27-23(30)19-10-18-13-25-28(22(18)24-12-19)14-17-6-4-3-5-7-17/h3-13H,14H2,1-2H3,(H,26,29)(H,27,30). The zero-order valence-corrected chi connectivity index (χ0v) is 16.7. The molecular formula is C23H21N5O2. The van der Waals surface area contributed by atoms with Crippen LogP contribution in [0.2, 0.25) is 0 Å². The van der Waals surface area contributed by atoms with Gasteiger partial charge in [0.25, 0.3) is 5.91 Å². The van der Waals surface area contributed by atoms with Gasteiger partial charge in [-0.05, 0) is 36.2 Å². The summed E-state index contributed by atoms with van der Waals surface area (Å²) < 4.78 is 1.81. The largest absolute Gasteiger partial charge is 0.326 e. The Bertz CT molecular complexity index is 1230. The van der Waals surface area contributed by atoms with E-state index in [4.69, 9.17) is 0 Å². The summed E-state index contributed by atoms with van der Waals surface area (Å²) in [4.78, 5) is 28.5. The fourth-order valence-corrected chi connectivity index (χ4v) is 3.20. The molecule has 0 atom stereocenters. The molecule has 2 aromatic carbocycles. The molecule has 4 aromatic rings. The average Bonchev–Trinajstić information content (AvgIpc) is 3.13. The molecule has 2 aromatic heterocycles. The quantitative estimate of drug-likeness (QED) is 0.531. The molecule has 0 aliphatic carbocycles. The molecular weight excluding hydrogens is 378 g/mol. The Morgan fingerprint density at radius 3 is 2.57 bits per heavy atom. The number of amides is 2. The summed E-state index contributed by atoms with van der Waals surface area (Å²) in [5.74, 6) is -0.443. The lowest BCUT2D eigenvalue weighted by atomic mass is 10.1. The van der Waals surface area contributed by atoms with Crippen LogP contribution in [0.25, 0.3) is 11.0 Å². The molecule has 30 heavy (non-hydrogen) atoms. The Kier molecular flexibility index (Phi) is 5.26. The van der Waals surface area contributed by atoms with Gasteiger partial charge in [-0.15, -0.1) is 0 Å². The predicted octanol–water partition coefficient (Wildman–Crippen LogP) is 4.00. The van der Waals surface area contributed by atoms with E-state index in [1.807, 2.05) is 48.0 Å². The first-order valence-electron chi connectivity index (χ1n) is 9.55. The van der Waals surface area contributed by atoms with Crippen LogP contribution in [-0.4, -0.2) is 26.6 Å². The van der Waals surface area contributed by atoms with E-state index < -0.39 is 0 Å². The number of carbonyl (C=O) groups excluding carboxylic acids is 2. The summed E-state index contributed by atoms with van der Waals surface area (Å²) in [5, 5.41) is 10.8. The lowest BCUT2D eigenvalue weighted by molar-refractivity contribution is -0.114. The minimum absolute atomic E-state index is 0.163. The molecule has 0 saturated heterocycles. The van der Waals surface area contributed by atoms with Crippen molar-refractivity contribution in [2.75, 3.05) is 10.6 Å². The van der Waals surface area contributed by atoms with Crippen LogP contribution < -0.4 is 10.6 Å². The van der Waals surface area contributed by atoms with Crippen molar-refractivity contribution in [1.82, 2.24) is 14.8 Å². The predicted molar refractivity (Wildman–Crippen MR) is 117 cm³/mol. The molecule has 4 rings (SSSR count). The molecule has 0 saturated carbocycles. The SMILES string of the molecule is CC(=O)Nc1cc(NC(=O)c2cnc3c(cnn3Cc3ccccc3)c2)ccc1C. The van der Waals surface area contributed by atoms with E-state index in [2.05, 4.69) is 20.7 Å². The van der Waals surface area contributed by atoms with Gasteiger partial charge in [-0.2, -0.15) is 5.10 Å². The molecule has 0 aliphatic rings. The Morgan fingerprint density at radius 2 is 1.80 bits per heavy atom. The summed E-state index contributed by atoms with van der Waals surface area (Å²) in [5.41, 5.74) is 4.45. The third-order valence-electron chi connectivity index (χ3n) is 4.72. The minimum atomic E-state index is -0.280. The van der Waals surface area contributed by atoms with E-state index in [0.717, 1.165) is 22.2 Å². The van der Waals surface area contributed by atoms with E-state index >= 15 is 0 Å². The van der Waals surface area contributed by atoms with Crippen molar-refractivity contribution in [3.63, 3.8) is 0 Å². The highest BCUT2D eigenvalue weighted by Gasteiger charge is 2.12. The van der Waals surface area contributed by atoms with Crippen molar-refractivity contribution in [3.8, 4) is 0 Å². The van der Waals surface area contributed by atoms with Crippen LogP contribution in [0.15, 0.2) is 67.0 Å². The first-order chi connectivity index (χ1) is 14.5. The number of pyridine rings is 1. The Hall–Kier alpha value is -4.00. The van der Waals surface area contributed by atoms with Crippen LogP contribution >= 0.6 is 0 Å². The average molecular weight is 399 g/mol. The maximum Gasteiger partial charge on any atom is 0.257 e. The second-order valence-corrected chi connectivity index (χ2v) is 7.09. The number of aryl methyl sites for hydroxylation is 1. The van der Waals surface area contributed by atoms with E-state index in [9.17, 15) is 9.59 Å². The molecule has 2 N–H and O–H groups in total. The van der Waals surface area contributed by atoms with Crippen molar-refractivity contribution in [1.29, 1.82) is 0 Å². The van der Waals surface area contributed by atoms with Gasteiger partial charge in [0, 0.05) is 29.9 Å². The molecule has 0 unspecified atom stereocenters. The summed E-state index contributed by atoms with van der Waals surface area (Å²) in [7, 11) is 0. The van der Waals surface area contributed by atoms with E-state index in [1.165, 1.54) is 6.92 Å². The summed E-state index contributed by atoms with van der Waals surface area (Å²) >= 11 is 0. The zero-order valence-electron chi connectivity index (χ0n) is 16.7. The molecule has 0 fully saturated rings. The Balaban J connectivity index is 1.53. The number of carbonyl (C=O) groups is 2. The number of benzene rings is 2. The van der Waals surface area contributed by atoms with Gasteiger partial charge < -0.3 is 10.6 Å². The summed E-state index contributed by atoms with van der Waals surface area (Å²) in [6, 6.07) is 17.2. The highest BCUT2D eigenvalue weighted by Crippen LogP contribution is 2.21. The van der Waals surface area contributed by atoms with Crippen molar-refractivity contribution in [2.24, 2.45) is 0 Å². The molecule has 0 bridgehead atoms. The molecule has 2 amide bonds. The molecule has 0 spiro atoms. The van der Waals surface area contributed by atoms with E-state index in [0.29, 0.717) is 23.5 Å². The monoisotopic (exact) mass is 399 g/mol. The van der Waals surface area contributed by atoms with Gasteiger partial charge in [0.05, 0.1) is 18.3 Å². The number of nitrogens with zero attached hydrogens (tertiary/aromatic N) is 3. The van der Waals surface area contributed by atoms with Crippen molar-refractivity contribution < 1.29 is 9.59 Å². The first kappa shape index (κ1) is 19.3. The third kappa shape index (κ3) is 4.20. The lowest BCUT2D eigenvalue weighted by Gasteiger charge is -2.10. The minimum Gasteiger partial charge on any atom is -0.326 e. The lowest BCUT2D eigenvalue weighted by Crippen LogP contribution is -2.13. The number of anilines is 2. The first-order valence-corrected chi connectivity index (χ1v) is 9.55. The van der Waals surface area contributed by atoms with Gasteiger partial charge in [-0.3, -0.25) is 9.59 Å². The maximum atomic E-state index is 12.7. The highest BCUT2D eigenvalue weighted by atomic mass is 16.2. The fourth-order valence-electron chi connectivity index (χ4n) is 3.20. The van der Waals surface area contributed by atoms with E-state index in [-0.39, 0.29) is 11.8 Å². The number of hydrogen-bond donors (Lipinski definition) is 2. The van der Waals surface area contributed by atoms with Crippen LogP contribution in [0.3, 0.4) is 0 Å². The molecule has 2 heterocycles. The topological polar surface area (TPSA) is 88.9 Å². The number of aromatic nitrogens is 3. The number of rotatable bonds is 5. The second-order valence-electron chi connectivity index (χ2n) is 7.09. The smallest absolute Gasteiger partial charge is 0.257 e. The van der Waals surface area contributed by atoms with E-state index in [1.54, 1.807) is 30.6 Å². The maximum absolute atomic E-state index is 12.7. The third-order valence-corrected chi connectivity index (χ3v) is 4.72. The number of hydrogen-bond acceptors (Lipinski definition) is 4. The second kappa shape index (κ2) is 8.16. The van der Waals surface area contributed by atoms with Gasteiger partial charge in [0.15, 0.2) is 5.65 Å². The summed E-state index contributed by atoms with van der Waals surface area (Å²) in [6.45, 7) is 3.95. The fraction of sp³-hybridized carbons (Fsp3) is 0.130. The zero-order chi connectivity index (χ0) is 21.1. The van der Waals surface area contributed by atoms with Crippen LogP contribution in [0.1, 0.15) is 28.4 Å². The molecule has 7 heteroatoms. The van der Waals surface area contributed by atoms with Gasteiger partial charge >= 0.3 is 0 Å². The number of fused-ring (bicyclic) bond motifs is 1.